The molecule has 0 saturated carbocycles. The summed E-state index contributed by atoms with van der Waals surface area (Å²) in [4.78, 5) is 26.2. The van der Waals surface area contributed by atoms with Gasteiger partial charge in [-0.2, -0.15) is 0 Å². The third-order valence-corrected chi connectivity index (χ3v) is 6.04. The van der Waals surface area contributed by atoms with Gasteiger partial charge in [0.1, 0.15) is 6.61 Å². The normalized spacial score (nSPS) is 15.3. The minimum absolute atomic E-state index is 0.220. The van der Waals surface area contributed by atoms with Crippen molar-refractivity contribution in [2.45, 2.75) is 26.9 Å². The van der Waals surface area contributed by atoms with Gasteiger partial charge in [0.25, 0.3) is 11.1 Å². The maximum atomic E-state index is 12.5. The number of halogens is 1. The van der Waals surface area contributed by atoms with Crippen LogP contribution in [0.25, 0.3) is 6.08 Å². The first kappa shape index (κ1) is 21.7. The number of nitrogens with zero attached hydrogens (tertiary/aromatic N) is 1. The number of methoxy groups -OCH3 is 1. The molecule has 1 fully saturated rings. The minimum atomic E-state index is -0.240. The molecule has 0 bridgehead atoms. The molecule has 1 saturated heterocycles. The second-order valence-corrected chi connectivity index (χ2v) is 8.80. The largest absolute Gasteiger partial charge is 0.493 e. The third-order valence-electron chi connectivity index (χ3n) is 4.34. The van der Waals surface area contributed by atoms with E-state index >= 15 is 0 Å². The summed E-state index contributed by atoms with van der Waals surface area (Å²) in [6.07, 6.45) is 2.47. The Bertz CT molecular complexity index is 973. The van der Waals surface area contributed by atoms with E-state index in [4.69, 9.17) is 9.47 Å². The number of amides is 2. The van der Waals surface area contributed by atoms with Crippen molar-refractivity contribution in [2.75, 3.05) is 13.7 Å². The predicted molar refractivity (Wildman–Crippen MR) is 124 cm³/mol. The van der Waals surface area contributed by atoms with E-state index in [9.17, 15) is 9.59 Å². The Morgan fingerprint density at radius 1 is 1.21 bits per heavy atom. The Balaban J connectivity index is 1.83. The molecule has 0 aliphatic carbocycles. The van der Waals surface area contributed by atoms with Crippen molar-refractivity contribution in [1.82, 2.24) is 4.90 Å². The molecule has 7 heteroatoms. The average molecular weight is 523 g/mol. The van der Waals surface area contributed by atoms with Crippen molar-refractivity contribution < 1.29 is 19.1 Å². The summed E-state index contributed by atoms with van der Waals surface area (Å²) in [6, 6.07) is 11.9. The quantitative estimate of drug-likeness (QED) is 0.348. The number of hydrogen-bond donors (Lipinski definition) is 0. The second-order valence-electron chi connectivity index (χ2n) is 6.65. The van der Waals surface area contributed by atoms with E-state index in [1.165, 1.54) is 10.5 Å². The zero-order valence-corrected chi connectivity index (χ0v) is 19.5. The number of carbonyl (C=O) groups is 2. The monoisotopic (exact) mass is 523 g/mol. The summed E-state index contributed by atoms with van der Waals surface area (Å²) < 4.78 is 12.4. The van der Waals surface area contributed by atoms with E-state index in [0.717, 1.165) is 32.9 Å². The average Bonchev–Trinajstić information content (AvgIpc) is 2.94. The van der Waals surface area contributed by atoms with Crippen molar-refractivity contribution in [2.24, 2.45) is 0 Å². The highest BCUT2D eigenvalue weighted by Gasteiger charge is 2.34. The molecule has 0 radical (unpaired) electrons. The lowest BCUT2D eigenvalue weighted by atomic mass is 10.1. The summed E-state index contributed by atoms with van der Waals surface area (Å²) in [5.74, 6) is 1.00. The van der Waals surface area contributed by atoms with Gasteiger partial charge in [-0.25, -0.2) is 0 Å². The van der Waals surface area contributed by atoms with Crippen LogP contribution >= 0.6 is 34.4 Å². The van der Waals surface area contributed by atoms with Crippen LogP contribution in [0, 0.1) is 10.5 Å². The third kappa shape index (κ3) is 5.14. The molecule has 0 N–H and O–H groups in total. The molecule has 2 amide bonds. The van der Waals surface area contributed by atoms with E-state index in [2.05, 4.69) is 28.7 Å². The molecule has 2 aromatic carbocycles. The summed E-state index contributed by atoms with van der Waals surface area (Å²) in [7, 11) is 1.59. The summed E-state index contributed by atoms with van der Waals surface area (Å²) >= 11 is 3.17. The standard InChI is InChI=1S/C22H22INO4S/c1-4-8-24-21(25)19(29-22(24)26)12-16-10-17(23)20(18(11-16)27-3)28-13-15-7-5-6-14(2)9-15/h5-7,9-12H,4,8,13H2,1-3H3/b19-12+. The maximum absolute atomic E-state index is 12.5. The van der Waals surface area contributed by atoms with E-state index < -0.39 is 0 Å². The number of benzene rings is 2. The summed E-state index contributed by atoms with van der Waals surface area (Å²) in [5.41, 5.74) is 3.05. The van der Waals surface area contributed by atoms with Crippen LogP contribution in [0.15, 0.2) is 41.3 Å². The molecule has 0 spiro atoms. The molecule has 3 rings (SSSR count). The van der Waals surface area contributed by atoms with Crippen molar-refractivity contribution in [3.05, 3.63) is 61.6 Å². The van der Waals surface area contributed by atoms with E-state index in [0.29, 0.717) is 29.6 Å². The van der Waals surface area contributed by atoms with Crippen LogP contribution in [0.2, 0.25) is 0 Å². The molecule has 1 heterocycles. The Hall–Kier alpha value is -2.00. The molecular weight excluding hydrogens is 501 g/mol. The number of imide groups is 1. The molecule has 0 unspecified atom stereocenters. The highest BCUT2D eigenvalue weighted by atomic mass is 127. The summed E-state index contributed by atoms with van der Waals surface area (Å²) in [5, 5.41) is -0.220. The number of thioether (sulfide) groups is 1. The van der Waals surface area contributed by atoms with Gasteiger partial charge in [-0.15, -0.1) is 0 Å². The molecule has 0 atom stereocenters. The topological polar surface area (TPSA) is 55.8 Å². The fourth-order valence-electron chi connectivity index (χ4n) is 2.99. The number of carbonyl (C=O) groups excluding carboxylic acids is 2. The molecular formula is C22H22INO4S. The van der Waals surface area contributed by atoms with Gasteiger partial charge in [0.05, 0.1) is 15.6 Å². The lowest BCUT2D eigenvalue weighted by Gasteiger charge is -2.14. The maximum Gasteiger partial charge on any atom is 0.293 e. The van der Waals surface area contributed by atoms with Crippen molar-refractivity contribution in [3.8, 4) is 11.5 Å². The van der Waals surface area contributed by atoms with E-state index in [1.54, 1.807) is 13.2 Å². The molecule has 1 aliphatic heterocycles. The molecule has 29 heavy (non-hydrogen) atoms. The lowest BCUT2D eigenvalue weighted by molar-refractivity contribution is -0.122. The van der Waals surface area contributed by atoms with Crippen LogP contribution in [0.5, 0.6) is 11.5 Å². The van der Waals surface area contributed by atoms with Gasteiger partial charge in [-0.1, -0.05) is 36.8 Å². The van der Waals surface area contributed by atoms with Gasteiger partial charge < -0.3 is 9.47 Å². The molecule has 152 valence electrons. The van der Waals surface area contributed by atoms with Gasteiger partial charge in [-0.3, -0.25) is 14.5 Å². The Morgan fingerprint density at radius 3 is 2.69 bits per heavy atom. The van der Waals surface area contributed by atoms with Crippen LogP contribution < -0.4 is 9.47 Å². The van der Waals surface area contributed by atoms with Crippen LogP contribution in [0.3, 0.4) is 0 Å². The Labute approximate surface area is 188 Å². The van der Waals surface area contributed by atoms with Gasteiger partial charge >= 0.3 is 0 Å². The first-order valence-corrected chi connectivity index (χ1v) is 11.1. The zero-order chi connectivity index (χ0) is 21.0. The first-order chi connectivity index (χ1) is 13.9. The fraction of sp³-hybridized carbons (Fsp3) is 0.273. The number of ether oxygens (including phenoxy) is 2. The van der Waals surface area contributed by atoms with Gasteiger partial charge in [0.15, 0.2) is 11.5 Å². The molecule has 1 aliphatic rings. The van der Waals surface area contributed by atoms with Gasteiger partial charge in [0, 0.05) is 6.54 Å². The Morgan fingerprint density at radius 2 is 2.00 bits per heavy atom. The Kier molecular flexibility index (Phi) is 7.23. The zero-order valence-electron chi connectivity index (χ0n) is 16.5. The number of hydrogen-bond acceptors (Lipinski definition) is 5. The number of aryl methyl sites for hydroxylation is 1. The predicted octanol–water partition coefficient (Wildman–Crippen LogP) is 5.63. The van der Waals surface area contributed by atoms with Crippen molar-refractivity contribution >= 4 is 51.6 Å². The molecule has 2 aromatic rings. The minimum Gasteiger partial charge on any atom is -0.493 e. The van der Waals surface area contributed by atoms with Crippen LogP contribution in [0.4, 0.5) is 4.79 Å². The van der Waals surface area contributed by atoms with Gasteiger partial charge in [-0.05, 0) is 77.0 Å². The lowest BCUT2D eigenvalue weighted by Crippen LogP contribution is -2.28. The van der Waals surface area contributed by atoms with Crippen LogP contribution in [-0.2, 0) is 11.4 Å². The highest BCUT2D eigenvalue weighted by molar-refractivity contribution is 14.1. The molecule has 0 aromatic heterocycles. The smallest absolute Gasteiger partial charge is 0.293 e. The first-order valence-electron chi connectivity index (χ1n) is 9.24. The fourth-order valence-corrected chi connectivity index (χ4v) is 4.63. The number of rotatable bonds is 7. The molecule has 5 nitrogen and oxygen atoms in total. The van der Waals surface area contributed by atoms with E-state index in [-0.39, 0.29) is 11.1 Å². The van der Waals surface area contributed by atoms with Crippen LogP contribution in [-0.4, -0.2) is 29.7 Å². The van der Waals surface area contributed by atoms with E-state index in [1.807, 2.05) is 44.2 Å². The SMILES string of the molecule is CCCN1C(=O)S/C(=C/c2cc(I)c(OCc3cccc(C)c3)c(OC)c2)C1=O. The second kappa shape index (κ2) is 9.67. The van der Waals surface area contributed by atoms with Gasteiger partial charge in [0.2, 0.25) is 0 Å². The van der Waals surface area contributed by atoms with Crippen LogP contribution in [0.1, 0.15) is 30.0 Å². The highest BCUT2D eigenvalue weighted by Crippen LogP contribution is 2.37. The van der Waals surface area contributed by atoms with Crippen molar-refractivity contribution in [1.29, 1.82) is 0 Å². The summed E-state index contributed by atoms with van der Waals surface area (Å²) in [6.45, 7) is 4.86. The van der Waals surface area contributed by atoms with Crippen molar-refractivity contribution in [3.63, 3.8) is 0 Å².